The molecule has 2 heterocycles. The fraction of sp³-hybridized carbons (Fsp3) is 0.263. The number of hydrogen-bond acceptors (Lipinski definition) is 7. The molecule has 6 rings (SSSR count). The summed E-state index contributed by atoms with van der Waals surface area (Å²) in [6, 6.07) is 35.8. The highest BCUT2D eigenvalue weighted by atomic mass is 16.6. The molecule has 5 aromatic rings. The third kappa shape index (κ3) is 6.27. The molecule has 8 heteroatoms. The number of ether oxygens (including phenoxy) is 4. The van der Waals surface area contributed by atoms with Crippen LogP contribution in [-0.2, 0) is 15.1 Å². The highest BCUT2D eigenvalue weighted by Crippen LogP contribution is 2.43. The Morgan fingerprint density at radius 3 is 1.93 bits per heavy atom. The second-order valence-electron chi connectivity index (χ2n) is 11.6. The zero-order chi connectivity index (χ0) is 32.1. The molecule has 0 amide bonds. The zero-order valence-electron chi connectivity index (χ0n) is 26.6. The molecule has 1 N–H and O–H groups in total. The van der Waals surface area contributed by atoms with Gasteiger partial charge < -0.3 is 24.3 Å². The fourth-order valence-corrected chi connectivity index (χ4v) is 6.08. The largest absolute Gasteiger partial charge is 0.497 e. The number of anilines is 2. The van der Waals surface area contributed by atoms with Gasteiger partial charge in [0.2, 0.25) is 0 Å². The minimum atomic E-state index is -0.958. The lowest BCUT2D eigenvalue weighted by molar-refractivity contribution is -0.0836. The first-order chi connectivity index (χ1) is 22.4. The molecule has 0 saturated carbocycles. The van der Waals surface area contributed by atoms with Gasteiger partial charge in [0.25, 0.3) is 0 Å². The van der Waals surface area contributed by atoms with Crippen molar-refractivity contribution in [2.75, 3.05) is 26.1 Å². The Labute approximate surface area is 269 Å². The van der Waals surface area contributed by atoms with E-state index in [0.717, 1.165) is 39.4 Å². The minimum Gasteiger partial charge on any atom is -0.497 e. The van der Waals surface area contributed by atoms with Crippen molar-refractivity contribution >= 4 is 11.5 Å². The van der Waals surface area contributed by atoms with Crippen LogP contribution in [0, 0.1) is 12.8 Å². The normalized spacial score (nSPS) is 17.9. The number of rotatable bonds is 11. The van der Waals surface area contributed by atoms with Gasteiger partial charge in [-0.3, -0.25) is 4.57 Å². The van der Waals surface area contributed by atoms with E-state index in [1.54, 1.807) is 18.8 Å². The maximum absolute atomic E-state index is 13.2. The van der Waals surface area contributed by atoms with Gasteiger partial charge in [-0.25, -0.2) is 4.79 Å². The molecule has 1 fully saturated rings. The van der Waals surface area contributed by atoms with E-state index >= 15 is 0 Å². The molecular weight excluding hydrogens is 578 g/mol. The molecule has 0 unspecified atom stereocenters. The van der Waals surface area contributed by atoms with Crippen LogP contribution in [0.1, 0.15) is 41.8 Å². The molecule has 3 atom stereocenters. The molecule has 0 aliphatic carbocycles. The number of para-hydroxylation sites is 1. The van der Waals surface area contributed by atoms with Crippen molar-refractivity contribution in [2.24, 2.45) is 5.92 Å². The Bertz CT molecular complexity index is 1740. The standard InChI is InChI=1S/C38H39N3O5/c1-26-23-35(41-24-27(2)36(40-37(41)42)39-31-13-9-6-10-14-31)46-34(26)25-45-38(28-11-7-5-8-12-28,29-15-19-32(43-3)20-16-29)30-17-21-33(44-4)22-18-30/h5-22,24,26,34-35H,23,25H2,1-4H3,(H,39,40,42)/t26-,34+,35-/m1/s1. The quantitative estimate of drug-likeness (QED) is 0.156. The predicted octanol–water partition coefficient (Wildman–Crippen LogP) is 7.24. The van der Waals surface area contributed by atoms with Crippen LogP contribution in [0.4, 0.5) is 11.5 Å². The Morgan fingerprint density at radius 2 is 1.37 bits per heavy atom. The van der Waals surface area contributed by atoms with Crippen molar-refractivity contribution in [3.8, 4) is 11.5 Å². The molecule has 1 aromatic heterocycles. The summed E-state index contributed by atoms with van der Waals surface area (Å²) in [7, 11) is 3.31. The monoisotopic (exact) mass is 617 g/mol. The van der Waals surface area contributed by atoms with E-state index in [1.807, 2.05) is 110 Å². The van der Waals surface area contributed by atoms with Crippen molar-refractivity contribution in [3.63, 3.8) is 0 Å². The molecule has 4 aromatic carbocycles. The lowest BCUT2D eigenvalue weighted by Crippen LogP contribution is -2.37. The van der Waals surface area contributed by atoms with E-state index in [-0.39, 0.29) is 17.7 Å². The van der Waals surface area contributed by atoms with E-state index < -0.39 is 11.8 Å². The topological polar surface area (TPSA) is 83.8 Å². The molecule has 1 saturated heterocycles. The Morgan fingerprint density at radius 1 is 0.826 bits per heavy atom. The molecule has 236 valence electrons. The number of methoxy groups -OCH3 is 2. The SMILES string of the molecule is COc1ccc(C(OC[C@@H]2O[C@@H](n3cc(C)c(Nc4ccccc4)nc3=O)C[C@H]2C)(c2ccccc2)c2ccc(OC)cc2)cc1. The summed E-state index contributed by atoms with van der Waals surface area (Å²) in [4.78, 5) is 17.6. The smallest absolute Gasteiger partial charge is 0.351 e. The number of aromatic nitrogens is 2. The zero-order valence-corrected chi connectivity index (χ0v) is 26.6. The molecule has 1 aliphatic heterocycles. The molecular formula is C38H39N3O5. The van der Waals surface area contributed by atoms with E-state index in [0.29, 0.717) is 18.8 Å². The summed E-state index contributed by atoms with van der Waals surface area (Å²) in [5.41, 5.74) is 3.27. The van der Waals surface area contributed by atoms with Gasteiger partial charge in [0.05, 0.1) is 26.9 Å². The molecule has 46 heavy (non-hydrogen) atoms. The summed E-state index contributed by atoms with van der Waals surface area (Å²) in [5.74, 6) is 2.18. The van der Waals surface area contributed by atoms with E-state index in [2.05, 4.69) is 29.4 Å². The van der Waals surface area contributed by atoms with Gasteiger partial charge in [-0.15, -0.1) is 0 Å². The van der Waals surface area contributed by atoms with Gasteiger partial charge in [0, 0.05) is 17.4 Å². The van der Waals surface area contributed by atoms with Crippen LogP contribution in [0.25, 0.3) is 0 Å². The summed E-state index contributed by atoms with van der Waals surface area (Å²) in [5, 5.41) is 3.25. The van der Waals surface area contributed by atoms with Crippen LogP contribution >= 0.6 is 0 Å². The number of hydrogen-bond donors (Lipinski definition) is 1. The van der Waals surface area contributed by atoms with Crippen LogP contribution < -0.4 is 20.5 Å². The molecule has 0 bridgehead atoms. The van der Waals surface area contributed by atoms with Crippen LogP contribution in [0.3, 0.4) is 0 Å². The number of benzene rings is 4. The van der Waals surface area contributed by atoms with Crippen molar-refractivity contribution in [1.29, 1.82) is 0 Å². The maximum Gasteiger partial charge on any atom is 0.351 e. The Hall–Kier alpha value is -4.92. The number of nitrogens with zero attached hydrogens (tertiary/aromatic N) is 2. The van der Waals surface area contributed by atoms with Gasteiger partial charge in [0.15, 0.2) is 0 Å². The summed E-state index contributed by atoms with van der Waals surface area (Å²) in [6.07, 6.45) is 1.76. The van der Waals surface area contributed by atoms with Gasteiger partial charge in [-0.05, 0) is 72.4 Å². The van der Waals surface area contributed by atoms with Crippen LogP contribution in [-0.4, -0.2) is 36.5 Å². The molecule has 0 spiro atoms. The van der Waals surface area contributed by atoms with Crippen molar-refractivity contribution in [1.82, 2.24) is 9.55 Å². The Kier molecular flexibility index (Phi) is 9.19. The van der Waals surface area contributed by atoms with Crippen LogP contribution in [0.5, 0.6) is 11.5 Å². The minimum absolute atomic E-state index is 0.125. The van der Waals surface area contributed by atoms with Crippen molar-refractivity contribution in [3.05, 3.63) is 148 Å². The first-order valence-electron chi connectivity index (χ1n) is 15.5. The van der Waals surface area contributed by atoms with Gasteiger partial charge in [-0.2, -0.15) is 4.98 Å². The Balaban J connectivity index is 1.30. The second-order valence-corrected chi connectivity index (χ2v) is 11.6. The van der Waals surface area contributed by atoms with E-state index in [4.69, 9.17) is 18.9 Å². The van der Waals surface area contributed by atoms with Gasteiger partial charge >= 0.3 is 5.69 Å². The lowest BCUT2D eigenvalue weighted by atomic mass is 9.80. The fourth-order valence-electron chi connectivity index (χ4n) is 6.08. The molecule has 0 radical (unpaired) electrons. The summed E-state index contributed by atoms with van der Waals surface area (Å²) < 4.78 is 26.2. The summed E-state index contributed by atoms with van der Waals surface area (Å²) in [6.45, 7) is 4.36. The number of nitrogens with one attached hydrogen (secondary N) is 1. The highest BCUT2D eigenvalue weighted by molar-refractivity contribution is 5.58. The molecule has 8 nitrogen and oxygen atoms in total. The third-order valence-corrected chi connectivity index (χ3v) is 8.66. The van der Waals surface area contributed by atoms with Gasteiger partial charge in [0.1, 0.15) is 29.1 Å². The highest BCUT2D eigenvalue weighted by Gasteiger charge is 2.41. The van der Waals surface area contributed by atoms with Crippen LogP contribution in [0.15, 0.2) is 120 Å². The summed E-state index contributed by atoms with van der Waals surface area (Å²) >= 11 is 0. The van der Waals surface area contributed by atoms with Crippen molar-refractivity contribution < 1.29 is 18.9 Å². The maximum atomic E-state index is 13.2. The average Bonchev–Trinajstić information content (AvgIpc) is 3.47. The van der Waals surface area contributed by atoms with Crippen LogP contribution in [0.2, 0.25) is 0 Å². The van der Waals surface area contributed by atoms with E-state index in [9.17, 15) is 4.79 Å². The average molecular weight is 618 g/mol. The molecule has 1 aliphatic rings. The van der Waals surface area contributed by atoms with E-state index in [1.165, 1.54) is 0 Å². The van der Waals surface area contributed by atoms with Crippen molar-refractivity contribution in [2.45, 2.75) is 38.2 Å². The third-order valence-electron chi connectivity index (χ3n) is 8.66. The second kappa shape index (κ2) is 13.6. The van der Waals surface area contributed by atoms with Gasteiger partial charge in [-0.1, -0.05) is 79.7 Å². The first kappa shape index (κ1) is 31.1. The number of aryl methyl sites for hydroxylation is 1. The lowest BCUT2D eigenvalue weighted by Gasteiger charge is -2.37. The first-order valence-corrected chi connectivity index (χ1v) is 15.5. The predicted molar refractivity (Wildman–Crippen MR) is 179 cm³/mol.